The number of H-pyrrole nitrogens is 1. The van der Waals surface area contributed by atoms with Crippen molar-refractivity contribution in [2.75, 3.05) is 25.0 Å². The van der Waals surface area contributed by atoms with E-state index in [9.17, 15) is 9.59 Å². The molecule has 2 aromatic rings. The van der Waals surface area contributed by atoms with Crippen LogP contribution in [-0.2, 0) is 16.8 Å². The molecule has 5 heterocycles. The fourth-order valence-corrected chi connectivity index (χ4v) is 6.05. The fourth-order valence-electron chi connectivity index (χ4n) is 6.05. The van der Waals surface area contributed by atoms with Crippen LogP contribution >= 0.6 is 0 Å². The van der Waals surface area contributed by atoms with Crippen LogP contribution in [-0.4, -0.2) is 85.2 Å². The van der Waals surface area contributed by atoms with E-state index in [1.54, 1.807) is 24.4 Å². The zero-order valence-electron chi connectivity index (χ0n) is 22.7. The van der Waals surface area contributed by atoms with Crippen LogP contribution in [0.1, 0.15) is 76.1 Å². The number of carbonyl (C=O) groups excluding carboxylic acids is 2. The molecule has 37 heavy (non-hydrogen) atoms. The Labute approximate surface area is 218 Å². The number of nitrogens with zero attached hydrogens (tertiary/aromatic N) is 5. The van der Waals surface area contributed by atoms with E-state index < -0.39 is 5.54 Å². The number of pyridine rings is 1. The van der Waals surface area contributed by atoms with Crippen LogP contribution in [0.25, 0.3) is 0 Å². The van der Waals surface area contributed by atoms with Gasteiger partial charge < -0.3 is 19.9 Å². The van der Waals surface area contributed by atoms with Crippen molar-refractivity contribution in [3.63, 3.8) is 0 Å². The van der Waals surface area contributed by atoms with E-state index in [-0.39, 0.29) is 29.7 Å². The van der Waals surface area contributed by atoms with Gasteiger partial charge in [0.05, 0.1) is 35.5 Å². The quantitative estimate of drug-likeness (QED) is 0.653. The molecule has 2 fully saturated rings. The van der Waals surface area contributed by atoms with Gasteiger partial charge in [0.25, 0.3) is 5.91 Å². The van der Waals surface area contributed by atoms with Gasteiger partial charge in [0, 0.05) is 30.9 Å². The van der Waals surface area contributed by atoms with E-state index >= 15 is 0 Å². The number of anilines is 1. The lowest BCUT2D eigenvalue weighted by Gasteiger charge is -2.49. The zero-order chi connectivity index (χ0) is 26.5. The lowest BCUT2D eigenvalue weighted by molar-refractivity contribution is -0.100. The normalized spacial score (nSPS) is 24.1. The number of nitrogens with one attached hydrogen (secondary N) is 2. The van der Waals surface area contributed by atoms with Crippen molar-refractivity contribution in [3.05, 3.63) is 41.3 Å². The molecule has 3 amide bonds. The third-order valence-electron chi connectivity index (χ3n) is 7.89. The summed E-state index contributed by atoms with van der Waals surface area (Å²) in [5.74, 6) is 0.110. The van der Waals surface area contributed by atoms with Crippen molar-refractivity contribution in [2.45, 2.75) is 90.3 Å². The number of aromatic amines is 1. The molecule has 3 aliphatic rings. The standard InChI is InChI=1S/C27H39N7O3/c1-17(37-26(2,3)4)21-16-32-13-9-10-18(32)14-33(21)25(36)34-15-19-22(27(34,5)6)30-31-23(19)29-24(35)20-11-7-8-12-28-20/h7-8,11-12,17-18,21H,9-10,13-16H2,1-6H3,(H2,29,30,31,35)/t17-,18+,21-/m1/s1. The molecular weight excluding hydrogens is 470 g/mol. The van der Waals surface area contributed by atoms with Gasteiger partial charge in [-0.3, -0.25) is 19.8 Å². The third kappa shape index (κ3) is 4.84. The highest BCUT2D eigenvalue weighted by Crippen LogP contribution is 2.42. The van der Waals surface area contributed by atoms with Gasteiger partial charge in [-0.25, -0.2) is 4.79 Å². The summed E-state index contributed by atoms with van der Waals surface area (Å²) in [5.41, 5.74) is 1.07. The van der Waals surface area contributed by atoms with Crippen LogP contribution in [0.5, 0.6) is 0 Å². The molecular formula is C27H39N7O3. The molecule has 0 aromatic carbocycles. The minimum Gasteiger partial charge on any atom is -0.371 e. The van der Waals surface area contributed by atoms with Crippen LogP contribution < -0.4 is 5.32 Å². The summed E-state index contributed by atoms with van der Waals surface area (Å²) in [6, 6.07) is 5.54. The molecule has 10 nitrogen and oxygen atoms in total. The van der Waals surface area contributed by atoms with E-state index in [2.05, 4.69) is 53.1 Å². The number of aromatic nitrogens is 3. The van der Waals surface area contributed by atoms with E-state index in [1.165, 1.54) is 6.42 Å². The maximum absolute atomic E-state index is 14.3. The maximum atomic E-state index is 14.3. The molecule has 200 valence electrons. The summed E-state index contributed by atoms with van der Waals surface area (Å²) in [5, 5.41) is 10.3. The molecule has 0 aliphatic carbocycles. The van der Waals surface area contributed by atoms with Crippen molar-refractivity contribution in [1.29, 1.82) is 0 Å². The first-order chi connectivity index (χ1) is 17.5. The molecule has 2 aromatic heterocycles. The predicted molar refractivity (Wildman–Crippen MR) is 140 cm³/mol. The highest BCUT2D eigenvalue weighted by Gasteiger charge is 2.49. The summed E-state index contributed by atoms with van der Waals surface area (Å²) in [6.07, 6.45) is 3.75. The summed E-state index contributed by atoms with van der Waals surface area (Å²) in [7, 11) is 0. The summed E-state index contributed by atoms with van der Waals surface area (Å²) < 4.78 is 6.36. The molecule has 2 N–H and O–H groups in total. The van der Waals surface area contributed by atoms with Crippen LogP contribution in [0, 0.1) is 0 Å². The van der Waals surface area contributed by atoms with Gasteiger partial charge in [0.2, 0.25) is 0 Å². The maximum Gasteiger partial charge on any atom is 0.321 e. The third-order valence-corrected chi connectivity index (χ3v) is 7.89. The zero-order valence-corrected chi connectivity index (χ0v) is 22.7. The van der Waals surface area contributed by atoms with Crippen molar-refractivity contribution in [2.24, 2.45) is 0 Å². The average molecular weight is 510 g/mol. The smallest absolute Gasteiger partial charge is 0.321 e. The number of piperazine rings is 1. The highest BCUT2D eigenvalue weighted by molar-refractivity contribution is 6.02. The first-order valence-electron chi connectivity index (χ1n) is 13.3. The first kappa shape index (κ1) is 25.7. The molecule has 0 spiro atoms. The Hall–Kier alpha value is -2.98. The number of rotatable bonds is 4. The molecule has 0 radical (unpaired) electrons. The van der Waals surface area contributed by atoms with Crippen molar-refractivity contribution < 1.29 is 14.3 Å². The van der Waals surface area contributed by atoms with Gasteiger partial charge in [0.15, 0.2) is 5.82 Å². The van der Waals surface area contributed by atoms with Crippen LogP contribution in [0.15, 0.2) is 24.4 Å². The Bertz CT molecular complexity index is 1160. The van der Waals surface area contributed by atoms with Gasteiger partial charge in [-0.1, -0.05) is 6.07 Å². The number of ether oxygens (including phenoxy) is 1. The van der Waals surface area contributed by atoms with Gasteiger partial charge in [-0.15, -0.1) is 0 Å². The second kappa shape index (κ2) is 9.40. The summed E-state index contributed by atoms with van der Waals surface area (Å²) >= 11 is 0. The van der Waals surface area contributed by atoms with Crippen molar-refractivity contribution in [3.8, 4) is 0 Å². The number of fused-ring (bicyclic) bond motifs is 2. The van der Waals surface area contributed by atoms with Crippen LogP contribution in [0.4, 0.5) is 10.6 Å². The van der Waals surface area contributed by atoms with Gasteiger partial charge in [-0.05, 0) is 73.1 Å². The van der Waals surface area contributed by atoms with E-state index in [1.807, 2.05) is 23.6 Å². The number of carbonyl (C=O) groups is 2. The van der Waals surface area contributed by atoms with Crippen LogP contribution in [0.3, 0.4) is 0 Å². The number of hydrogen-bond donors (Lipinski definition) is 2. The Balaban J connectivity index is 1.38. The molecule has 2 saturated heterocycles. The molecule has 0 saturated carbocycles. The second-order valence-corrected chi connectivity index (χ2v) is 12.0. The number of urea groups is 1. The molecule has 0 bridgehead atoms. The first-order valence-corrected chi connectivity index (χ1v) is 13.3. The lowest BCUT2D eigenvalue weighted by atomic mass is 10.00. The highest BCUT2D eigenvalue weighted by atomic mass is 16.5. The number of amides is 3. The minimum absolute atomic E-state index is 0.00230. The van der Waals surface area contributed by atoms with Gasteiger partial charge in [0.1, 0.15) is 5.69 Å². The Kier molecular flexibility index (Phi) is 6.52. The largest absolute Gasteiger partial charge is 0.371 e. The van der Waals surface area contributed by atoms with Crippen LogP contribution in [0.2, 0.25) is 0 Å². The molecule has 3 atom stereocenters. The number of hydrogen-bond acceptors (Lipinski definition) is 6. The van der Waals surface area contributed by atoms with Gasteiger partial charge in [-0.2, -0.15) is 5.10 Å². The van der Waals surface area contributed by atoms with Crippen molar-refractivity contribution >= 4 is 17.8 Å². The molecule has 10 heteroatoms. The molecule has 5 rings (SSSR count). The lowest BCUT2D eigenvalue weighted by Crippen LogP contribution is -2.64. The monoisotopic (exact) mass is 509 g/mol. The summed E-state index contributed by atoms with van der Waals surface area (Å²) in [6.45, 7) is 15.3. The fraction of sp³-hybridized carbons (Fsp3) is 0.630. The Morgan fingerprint density at radius 1 is 1.24 bits per heavy atom. The summed E-state index contributed by atoms with van der Waals surface area (Å²) in [4.78, 5) is 37.6. The van der Waals surface area contributed by atoms with E-state index in [0.29, 0.717) is 30.6 Å². The van der Waals surface area contributed by atoms with E-state index in [4.69, 9.17) is 4.74 Å². The molecule has 3 aliphatic heterocycles. The Morgan fingerprint density at radius 3 is 2.73 bits per heavy atom. The minimum atomic E-state index is -0.612. The van der Waals surface area contributed by atoms with Crippen molar-refractivity contribution in [1.82, 2.24) is 29.9 Å². The SMILES string of the molecule is C[C@@H](OC(C)(C)C)[C@H]1CN2CCC[C@H]2CN1C(=O)N1Cc2c(NC(=O)c3ccccn3)n[nH]c2C1(C)C. The van der Waals surface area contributed by atoms with Gasteiger partial charge >= 0.3 is 6.03 Å². The molecule has 0 unspecified atom stereocenters. The predicted octanol–water partition coefficient (Wildman–Crippen LogP) is 3.58. The average Bonchev–Trinajstić information content (AvgIpc) is 3.53. The topological polar surface area (TPSA) is 107 Å². The Morgan fingerprint density at radius 2 is 2.03 bits per heavy atom. The second-order valence-electron chi connectivity index (χ2n) is 12.0. The van der Waals surface area contributed by atoms with E-state index in [0.717, 1.165) is 30.8 Å².